The van der Waals surface area contributed by atoms with Crippen LogP contribution >= 0.6 is 15.9 Å². The van der Waals surface area contributed by atoms with Gasteiger partial charge in [-0.2, -0.15) is 0 Å². The minimum atomic E-state index is -3.80. The van der Waals surface area contributed by atoms with Crippen LogP contribution in [0.1, 0.15) is 35.6 Å². The first-order chi connectivity index (χ1) is 18.5. The largest absolute Gasteiger partial charge is 0.354 e. The van der Waals surface area contributed by atoms with E-state index in [0.29, 0.717) is 18.7 Å². The summed E-state index contributed by atoms with van der Waals surface area (Å²) in [6.45, 7) is 5.91. The zero-order chi connectivity index (χ0) is 28.6. The quantitative estimate of drug-likeness (QED) is 0.311. The van der Waals surface area contributed by atoms with Crippen molar-refractivity contribution in [1.29, 1.82) is 0 Å². The number of nitrogens with zero attached hydrogens (tertiary/aromatic N) is 2. The lowest BCUT2D eigenvalue weighted by Gasteiger charge is -2.34. The minimum absolute atomic E-state index is 0.146. The minimum Gasteiger partial charge on any atom is -0.354 e. The maximum atomic E-state index is 14.1. The first-order valence-corrected chi connectivity index (χ1v) is 15.5. The number of anilines is 1. The molecule has 39 heavy (non-hydrogen) atoms. The number of hydrogen-bond donors (Lipinski definition) is 1. The van der Waals surface area contributed by atoms with E-state index in [1.165, 1.54) is 4.90 Å². The van der Waals surface area contributed by atoms with Crippen LogP contribution in [-0.2, 0) is 32.6 Å². The summed E-state index contributed by atoms with van der Waals surface area (Å²) < 4.78 is 27.9. The molecule has 0 bridgehead atoms. The number of benzene rings is 3. The van der Waals surface area contributed by atoms with E-state index in [1.54, 1.807) is 6.07 Å². The molecular formula is C30H36BrN3O4S. The van der Waals surface area contributed by atoms with Gasteiger partial charge in [0.15, 0.2) is 0 Å². The van der Waals surface area contributed by atoms with Gasteiger partial charge in [0.1, 0.15) is 12.6 Å². The van der Waals surface area contributed by atoms with Gasteiger partial charge in [-0.3, -0.25) is 13.9 Å². The van der Waals surface area contributed by atoms with Gasteiger partial charge in [-0.25, -0.2) is 8.42 Å². The summed E-state index contributed by atoms with van der Waals surface area (Å²) >= 11 is 3.44. The lowest BCUT2D eigenvalue weighted by molar-refractivity contribution is -0.140. The second-order valence-electron chi connectivity index (χ2n) is 9.70. The zero-order valence-electron chi connectivity index (χ0n) is 22.9. The Morgan fingerprint density at radius 2 is 1.62 bits per heavy atom. The second-order valence-corrected chi connectivity index (χ2v) is 12.5. The smallest absolute Gasteiger partial charge is 0.244 e. The summed E-state index contributed by atoms with van der Waals surface area (Å²) in [5.41, 5.74) is 3.90. The Labute approximate surface area is 240 Å². The SMILES string of the molecule is CCCNC(=O)[C@@H](Cc1ccccc1)N(Cc1ccc(Br)cc1)C(=O)CN(c1ccc(C)cc1C)S(C)(=O)=O. The van der Waals surface area contributed by atoms with Crippen LogP contribution in [0.5, 0.6) is 0 Å². The highest BCUT2D eigenvalue weighted by Gasteiger charge is 2.33. The Bertz CT molecular complexity index is 1380. The van der Waals surface area contributed by atoms with Gasteiger partial charge in [0.25, 0.3) is 0 Å². The van der Waals surface area contributed by atoms with E-state index in [0.717, 1.165) is 43.7 Å². The molecule has 0 spiro atoms. The van der Waals surface area contributed by atoms with Crippen molar-refractivity contribution >= 4 is 43.5 Å². The number of carbonyl (C=O) groups excluding carboxylic acids is 2. The van der Waals surface area contributed by atoms with Crippen molar-refractivity contribution in [3.63, 3.8) is 0 Å². The van der Waals surface area contributed by atoms with E-state index < -0.39 is 28.5 Å². The lowest BCUT2D eigenvalue weighted by atomic mass is 10.0. The van der Waals surface area contributed by atoms with E-state index >= 15 is 0 Å². The van der Waals surface area contributed by atoms with Gasteiger partial charge in [0.05, 0.1) is 11.9 Å². The first kappa shape index (κ1) is 30.4. The second kappa shape index (κ2) is 13.8. The van der Waals surface area contributed by atoms with Gasteiger partial charge in [-0.05, 0) is 55.2 Å². The van der Waals surface area contributed by atoms with Gasteiger partial charge >= 0.3 is 0 Å². The van der Waals surface area contributed by atoms with Gasteiger partial charge in [-0.1, -0.05) is 83.0 Å². The molecule has 208 valence electrons. The monoisotopic (exact) mass is 613 g/mol. The lowest BCUT2D eigenvalue weighted by Crippen LogP contribution is -2.53. The van der Waals surface area contributed by atoms with Crippen LogP contribution < -0.4 is 9.62 Å². The summed E-state index contributed by atoms with van der Waals surface area (Å²) in [6, 6.07) is 21.6. The standard InChI is InChI=1S/C30H36BrN3O4S/c1-5-17-32-30(36)28(19-24-9-7-6-8-10-24)33(20-25-12-14-26(31)15-13-25)29(35)21-34(39(4,37)38)27-16-11-22(2)18-23(27)3/h6-16,18,28H,5,17,19-21H2,1-4H3,(H,32,36)/t28-/m1/s1. The van der Waals surface area contributed by atoms with E-state index in [2.05, 4.69) is 21.2 Å². The Kier molecular flexibility index (Phi) is 10.7. The van der Waals surface area contributed by atoms with Crippen molar-refractivity contribution < 1.29 is 18.0 Å². The first-order valence-electron chi connectivity index (χ1n) is 12.9. The van der Waals surface area contributed by atoms with Crippen LogP contribution in [-0.4, -0.2) is 50.5 Å². The summed E-state index contributed by atoms with van der Waals surface area (Å²) in [5, 5.41) is 2.94. The number of carbonyl (C=O) groups is 2. The average molecular weight is 615 g/mol. The molecule has 9 heteroatoms. The normalized spacial score (nSPS) is 12.0. The summed E-state index contributed by atoms with van der Waals surface area (Å²) in [5.74, 6) is -0.737. The third kappa shape index (κ3) is 8.66. The van der Waals surface area contributed by atoms with Crippen LogP contribution in [0.25, 0.3) is 0 Å². The van der Waals surface area contributed by atoms with Crippen molar-refractivity contribution in [2.24, 2.45) is 0 Å². The number of hydrogen-bond acceptors (Lipinski definition) is 4. The van der Waals surface area contributed by atoms with Crippen molar-refractivity contribution in [1.82, 2.24) is 10.2 Å². The molecule has 0 heterocycles. The predicted octanol–water partition coefficient (Wildman–Crippen LogP) is 5.00. The molecule has 3 aromatic carbocycles. The van der Waals surface area contributed by atoms with E-state index in [9.17, 15) is 18.0 Å². The van der Waals surface area contributed by atoms with Crippen molar-refractivity contribution in [3.05, 3.63) is 99.5 Å². The van der Waals surface area contributed by atoms with Crippen LogP contribution in [0.4, 0.5) is 5.69 Å². The maximum absolute atomic E-state index is 14.1. The Balaban J connectivity index is 2.05. The number of rotatable bonds is 12. The number of halogens is 1. The average Bonchev–Trinajstić information content (AvgIpc) is 2.89. The van der Waals surface area contributed by atoms with Crippen LogP contribution in [0.3, 0.4) is 0 Å². The number of aryl methyl sites for hydroxylation is 2. The van der Waals surface area contributed by atoms with E-state index in [4.69, 9.17) is 0 Å². The molecule has 1 N–H and O–H groups in total. The van der Waals surface area contributed by atoms with Crippen molar-refractivity contribution in [2.75, 3.05) is 23.7 Å². The fraction of sp³-hybridized carbons (Fsp3) is 0.333. The van der Waals surface area contributed by atoms with Gasteiger partial charge in [-0.15, -0.1) is 0 Å². The Morgan fingerprint density at radius 1 is 0.949 bits per heavy atom. The number of sulfonamides is 1. The molecule has 0 saturated carbocycles. The molecule has 0 aromatic heterocycles. The molecule has 0 saturated heterocycles. The molecule has 0 aliphatic rings. The molecule has 7 nitrogen and oxygen atoms in total. The molecule has 3 aromatic rings. The van der Waals surface area contributed by atoms with Gasteiger partial charge in [0, 0.05) is 24.0 Å². The topological polar surface area (TPSA) is 86.8 Å². The van der Waals surface area contributed by atoms with Crippen LogP contribution in [0.15, 0.2) is 77.3 Å². The molecule has 3 rings (SSSR count). The Morgan fingerprint density at radius 3 is 2.21 bits per heavy atom. The summed E-state index contributed by atoms with van der Waals surface area (Å²) in [4.78, 5) is 29.1. The highest BCUT2D eigenvalue weighted by molar-refractivity contribution is 9.10. The molecule has 0 unspecified atom stereocenters. The summed E-state index contributed by atoms with van der Waals surface area (Å²) in [7, 11) is -3.80. The Hall–Kier alpha value is -3.17. The molecule has 2 amide bonds. The van der Waals surface area contributed by atoms with Gasteiger partial charge < -0.3 is 10.2 Å². The van der Waals surface area contributed by atoms with Crippen molar-refractivity contribution in [3.8, 4) is 0 Å². The summed E-state index contributed by atoms with van der Waals surface area (Å²) in [6.07, 6.45) is 2.13. The molecular weight excluding hydrogens is 578 g/mol. The molecule has 0 aliphatic carbocycles. The third-order valence-electron chi connectivity index (χ3n) is 6.39. The van der Waals surface area contributed by atoms with Crippen LogP contribution in [0.2, 0.25) is 0 Å². The van der Waals surface area contributed by atoms with E-state index in [1.807, 2.05) is 87.5 Å². The molecule has 0 radical (unpaired) electrons. The van der Waals surface area contributed by atoms with Gasteiger partial charge in [0.2, 0.25) is 21.8 Å². The maximum Gasteiger partial charge on any atom is 0.244 e. The number of amides is 2. The van der Waals surface area contributed by atoms with Crippen LogP contribution in [0, 0.1) is 13.8 Å². The van der Waals surface area contributed by atoms with E-state index in [-0.39, 0.29) is 12.5 Å². The molecule has 1 atom stereocenters. The molecule has 0 aliphatic heterocycles. The van der Waals surface area contributed by atoms with Crippen molar-refractivity contribution in [2.45, 2.75) is 46.2 Å². The zero-order valence-corrected chi connectivity index (χ0v) is 25.3. The fourth-order valence-electron chi connectivity index (χ4n) is 4.39. The number of nitrogens with one attached hydrogen (secondary N) is 1. The predicted molar refractivity (Wildman–Crippen MR) is 160 cm³/mol. The highest BCUT2D eigenvalue weighted by atomic mass is 79.9. The highest BCUT2D eigenvalue weighted by Crippen LogP contribution is 2.25. The third-order valence-corrected chi connectivity index (χ3v) is 8.04. The fourth-order valence-corrected chi connectivity index (χ4v) is 5.56. The molecule has 0 fully saturated rings.